The molecule has 5 heteroatoms. The Morgan fingerprint density at radius 2 is 0.979 bits per heavy atom. The molecule has 0 aliphatic carbocycles. The zero-order valence-electron chi connectivity index (χ0n) is 25.6. The van der Waals surface area contributed by atoms with Gasteiger partial charge in [-0.3, -0.25) is 0 Å². The molecule has 0 aliphatic rings. The number of rotatable bonds is 4. The van der Waals surface area contributed by atoms with Crippen LogP contribution >= 0.6 is 22.7 Å². The molecule has 224 valence electrons. The third-order valence-electron chi connectivity index (χ3n) is 9.14. The number of hydrogen-bond donors (Lipinski definition) is 0. The number of benzene rings is 6. The van der Waals surface area contributed by atoms with Gasteiger partial charge in [-0.15, -0.1) is 22.7 Å². The minimum Gasteiger partial charge on any atom is -0.236 e. The van der Waals surface area contributed by atoms with E-state index in [1.165, 1.54) is 41.0 Å². The first-order valence-corrected chi connectivity index (χ1v) is 17.6. The highest BCUT2D eigenvalue weighted by atomic mass is 32.1. The van der Waals surface area contributed by atoms with E-state index in [2.05, 4.69) is 146 Å². The molecular weight excluding hydrogens is 623 g/mol. The Balaban J connectivity index is 1.13. The van der Waals surface area contributed by atoms with E-state index in [1.807, 2.05) is 6.07 Å². The van der Waals surface area contributed by atoms with Gasteiger partial charge in [-0.05, 0) is 29.7 Å². The second kappa shape index (κ2) is 10.9. The van der Waals surface area contributed by atoms with Crippen molar-refractivity contribution >= 4 is 73.9 Å². The lowest BCUT2D eigenvalue weighted by Gasteiger charge is -2.11. The molecule has 4 aromatic heterocycles. The van der Waals surface area contributed by atoms with Gasteiger partial charge in [0.05, 0.1) is 17.1 Å². The number of thiophene rings is 2. The van der Waals surface area contributed by atoms with E-state index < -0.39 is 0 Å². The van der Waals surface area contributed by atoms with Crippen molar-refractivity contribution in [3.63, 3.8) is 0 Å². The molecule has 0 radical (unpaired) electrons. The number of aromatic nitrogens is 3. The molecule has 0 bridgehead atoms. The van der Waals surface area contributed by atoms with Crippen LogP contribution in [0.15, 0.2) is 152 Å². The van der Waals surface area contributed by atoms with Gasteiger partial charge >= 0.3 is 0 Å². The van der Waals surface area contributed by atoms with Gasteiger partial charge < -0.3 is 0 Å². The molecular formula is C43H25N3S2. The van der Waals surface area contributed by atoms with E-state index in [0.29, 0.717) is 0 Å². The summed E-state index contributed by atoms with van der Waals surface area (Å²) in [5, 5.41) is 7.41. The molecule has 4 heterocycles. The molecule has 0 fully saturated rings. The smallest absolute Gasteiger partial charge is 0.161 e. The van der Waals surface area contributed by atoms with Gasteiger partial charge in [0.25, 0.3) is 0 Å². The van der Waals surface area contributed by atoms with Gasteiger partial charge in [0.15, 0.2) is 5.82 Å². The van der Waals surface area contributed by atoms with Crippen molar-refractivity contribution in [3.8, 4) is 45.2 Å². The maximum atomic E-state index is 5.26. The summed E-state index contributed by atoms with van der Waals surface area (Å²) in [7, 11) is 0. The summed E-state index contributed by atoms with van der Waals surface area (Å²) in [6, 6.07) is 53.5. The molecule has 10 rings (SSSR count). The van der Waals surface area contributed by atoms with Crippen molar-refractivity contribution in [2.45, 2.75) is 0 Å². The fourth-order valence-corrected chi connectivity index (χ4v) is 9.16. The normalized spacial score (nSPS) is 11.8. The Kier molecular flexibility index (Phi) is 6.22. The van der Waals surface area contributed by atoms with Crippen molar-refractivity contribution in [2.24, 2.45) is 0 Å². The Bertz CT molecular complexity index is 2830. The first-order chi connectivity index (χ1) is 23.8. The SMILES string of the molecule is c1ccc(-c2cc(-c3ccc(-c4nc5sc6ccccc6c5c5ccccc45)cc3)nc(-c3cccc4c3sc3ccccc34)n2)cc1. The Morgan fingerprint density at radius 3 is 1.75 bits per heavy atom. The summed E-state index contributed by atoms with van der Waals surface area (Å²) in [5.41, 5.74) is 7.03. The number of pyridine rings is 1. The van der Waals surface area contributed by atoms with Crippen LogP contribution in [0.25, 0.3) is 96.4 Å². The van der Waals surface area contributed by atoms with Crippen LogP contribution < -0.4 is 0 Å². The monoisotopic (exact) mass is 647 g/mol. The highest BCUT2D eigenvalue weighted by Crippen LogP contribution is 2.42. The van der Waals surface area contributed by atoms with Gasteiger partial charge in [0, 0.05) is 63.3 Å². The Labute approximate surface area is 284 Å². The highest BCUT2D eigenvalue weighted by molar-refractivity contribution is 7.26. The number of fused-ring (bicyclic) bond motifs is 8. The summed E-state index contributed by atoms with van der Waals surface area (Å²) in [5.74, 6) is 0.732. The molecule has 0 N–H and O–H groups in total. The van der Waals surface area contributed by atoms with E-state index in [0.717, 1.165) is 55.4 Å². The van der Waals surface area contributed by atoms with Crippen LogP contribution in [0.2, 0.25) is 0 Å². The fourth-order valence-electron chi connectivity index (χ4n) is 6.86. The summed E-state index contributed by atoms with van der Waals surface area (Å²) < 4.78 is 3.74. The van der Waals surface area contributed by atoms with Crippen LogP contribution in [0.1, 0.15) is 0 Å². The van der Waals surface area contributed by atoms with E-state index in [-0.39, 0.29) is 0 Å². The minimum absolute atomic E-state index is 0.732. The molecule has 0 unspecified atom stereocenters. The van der Waals surface area contributed by atoms with Crippen LogP contribution in [-0.4, -0.2) is 15.0 Å². The fraction of sp³-hybridized carbons (Fsp3) is 0. The van der Waals surface area contributed by atoms with Crippen molar-refractivity contribution in [1.82, 2.24) is 15.0 Å². The van der Waals surface area contributed by atoms with Gasteiger partial charge in [-0.1, -0.05) is 127 Å². The minimum atomic E-state index is 0.732. The van der Waals surface area contributed by atoms with Crippen LogP contribution in [0.4, 0.5) is 0 Å². The lowest BCUT2D eigenvalue weighted by Crippen LogP contribution is -1.96. The summed E-state index contributed by atoms with van der Waals surface area (Å²) >= 11 is 3.56. The van der Waals surface area contributed by atoms with Crippen LogP contribution in [0.3, 0.4) is 0 Å². The van der Waals surface area contributed by atoms with Crippen molar-refractivity contribution < 1.29 is 0 Å². The molecule has 0 atom stereocenters. The average molecular weight is 648 g/mol. The number of nitrogens with zero attached hydrogens (tertiary/aromatic N) is 3. The topological polar surface area (TPSA) is 38.7 Å². The molecule has 48 heavy (non-hydrogen) atoms. The third kappa shape index (κ3) is 4.36. The molecule has 0 amide bonds. The van der Waals surface area contributed by atoms with Gasteiger partial charge in [0.1, 0.15) is 4.83 Å². The standard InChI is InChI=1S/C43H25N3S2/c1-2-11-26(12-3-1)35-25-36(45-42(44-35)34-18-10-17-32-29-13-6-8-19-37(29)47-41(32)34)27-21-23-28(24-22-27)40-31-15-5-4-14-30(31)39-33-16-7-9-20-38(33)48-43(39)46-40/h1-25H. The van der Waals surface area contributed by atoms with Crippen molar-refractivity contribution in [1.29, 1.82) is 0 Å². The summed E-state index contributed by atoms with van der Waals surface area (Å²) in [6.45, 7) is 0. The lowest BCUT2D eigenvalue weighted by atomic mass is 9.99. The Hall–Kier alpha value is -5.75. The van der Waals surface area contributed by atoms with Crippen molar-refractivity contribution in [2.75, 3.05) is 0 Å². The highest BCUT2D eigenvalue weighted by Gasteiger charge is 2.17. The molecule has 0 spiro atoms. The summed E-state index contributed by atoms with van der Waals surface area (Å²) in [4.78, 5) is 16.7. The maximum absolute atomic E-state index is 5.26. The predicted octanol–water partition coefficient (Wildman–Crippen LogP) is 12.4. The predicted molar refractivity (Wildman–Crippen MR) is 205 cm³/mol. The Morgan fingerprint density at radius 1 is 0.396 bits per heavy atom. The molecule has 0 aliphatic heterocycles. The molecule has 6 aromatic carbocycles. The quantitative estimate of drug-likeness (QED) is 0.191. The molecule has 10 aromatic rings. The largest absolute Gasteiger partial charge is 0.236 e. The van der Waals surface area contributed by atoms with E-state index in [1.54, 1.807) is 22.7 Å². The van der Waals surface area contributed by atoms with Gasteiger partial charge in [-0.25, -0.2) is 15.0 Å². The van der Waals surface area contributed by atoms with Crippen LogP contribution in [-0.2, 0) is 0 Å². The molecule has 0 saturated heterocycles. The lowest BCUT2D eigenvalue weighted by molar-refractivity contribution is 1.19. The van der Waals surface area contributed by atoms with Crippen LogP contribution in [0, 0.1) is 0 Å². The second-order valence-electron chi connectivity index (χ2n) is 12.0. The zero-order chi connectivity index (χ0) is 31.6. The number of hydrogen-bond acceptors (Lipinski definition) is 5. The zero-order valence-corrected chi connectivity index (χ0v) is 27.2. The first kappa shape index (κ1) is 27.4. The van der Waals surface area contributed by atoms with Crippen LogP contribution in [0.5, 0.6) is 0 Å². The third-order valence-corrected chi connectivity index (χ3v) is 11.4. The maximum Gasteiger partial charge on any atom is 0.161 e. The second-order valence-corrected chi connectivity index (χ2v) is 14.1. The van der Waals surface area contributed by atoms with Gasteiger partial charge in [0.2, 0.25) is 0 Å². The summed E-state index contributed by atoms with van der Waals surface area (Å²) in [6.07, 6.45) is 0. The van der Waals surface area contributed by atoms with Crippen molar-refractivity contribution in [3.05, 3.63) is 152 Å². The molecule has 3 nitrogen and oxygen atoms in total. The van der Waals surface area contributed by atoms with E-state index in [9.17, 15) is 0 Å². The molecule has 0 saturated carbocycles. The first-order valence-electron chi connectivity index (χ1n) is 15.9. The van der Waals surface area contributed by atoms with E-state index in [4.69, 9.17) is 15.0 Å². The average Bonchev–Trinajstić information content (AvgIpc) is 3.73. The van der Waals surface area contributed by atoms with E-state index >= 15 is 0 Å². The van der Waals surface area contributed by atoms with Gasteiger partial charge in [-0.2, -0.15) is 0 Å².